The number of thiol groups is 1. The predicted octanol–water partition coefficient (Wildman–Crippen LogP) is 1.99. The average molecular weight is 364 g/mol. The molecule has 1 aromatic rings. The van der Waals surface area contributed by atoms with Crippen molar-refractivity contribution in [1.82, 2.24) is 9.80 Å². The molecule has 2 unspecified atom stereocenters. The van der Waals surface area contributed by atoms with E-state index in [1.807, 2.05) is 44.2 Å². The second kappa shape index (κ2) is 8.38. The number of urea groups is 1. The second-order valence-corrected chi connectivity index (χ2v) is 6.78. The highest BCUT2D eigenvalue weighted by Gasteiger charge is 2.46. The zero-order valence-corrected chi connectivity index (χ0v) is 15.6. The number of hydrogen-bond donors (Lipinski definition) is 1. The summed E-state index contributed by atoms with van der Waals surface area (Å²) in [5, 5.41) is 0. The molecule has 0 N–H and O–H groups in total. The van der Waals surface area contributed by atoms with Crippen molar-refractivity contribution < 1.29 is 19.1 Å². The van der Waals surface area contributed by atoms with E-state index >= 15 is 0 Å². The number of carbonyl (C=O) groups is 3. The van der Waals surface area contributed by atoms with E-state index in [1.54, 1.807) is 0 Å². The molecule has 6 nitrogen and oxygen atoms in total. The van der Waals surface area contributed by atoms with Crippen molar-refractivity contribution in [2.45, 2.75) is 32.4 Å². The molecule has 1 aromatic carbocycles. The van der Waals surface area contributed by atoms with Crippen molar-refractivity contribution in [3.8, 4) is 0 Å². The Labute approximate surface area is 153 Å². The number of hydrogen-bond acceptors (Lipinski definition) is 5. The highest BCUT2D eigenvalue weighted by atomic mass is 32.1. The third-order valence-electron chi connectivity index (χ3n) is 4.33. The van der Waals surface area contributed by atoms with E-state index in [4.69, 9.17) is 4.74 Å². The summed E-state index contributed by atoms with van der Waals surface area (Å²) in [6, 6.07) is 8.05. The molecule has 1 aliphatic heterocycles. The van der Waals surface area contributed by atoms with Gasteiger partial charge in [-0.05, 0) is 17.9 Å². The molecule has 0 aliphatic carbocycles. The lowest BCUT2D eigenvalue weighted by atomic mass is 10.0. The molecule has 0 aromatic heterocycles. The first kappa shape index (κ1) is 19.3. The average Bonchev–Trinajstić information content (AvgIpc) is 2.88. The monoisotopic (exact) mass is 364 g/mol. The SMILES string of the molecule is COC(=O)C(C(C)C)N1CC(=O)N(C(CS)Cc2ccccc2)C1=O. The van der Waals surface area contributed by atoms with Gasteiger partial charge in [-0.1, -0.05) is 44.2 Å². The van der Waals surface area contributed by atoms with Crippen LogP contribution in [0, 0.1) is 5.92 Å². The first-order valence-electron chi connectivity index (χ1n) is 8.26. The Morgan fingerprint density at radius 1 is 1.24 bits per heavy atom. The van der Waals surface area contributed by atoms with Gasteiger partial charge in [-0.25, -0.2) is 9.59 Å². The molecular weight excluding hydrogens is 340 g/mol. The molecule has 3 amide bonds. The van der Waals surface area contributed by atoms with Gasteiger partial charge in [0.05, 0.1) is 13.2 Å². The van der Waals surface area contributed by atoms with Gasteiger partial charge in [0.1, 0.15) is 12.6 Å². The molecule has 1 aliphatic rings. The molecule has 136 valence electrons. The highest BCUT2D eigenvalue weighted by Crippen LogP contribution is 2.23. The van der Waals surface area contributed by atoms with Gasteiger partial charge in [0, 0.05) is 5.75 Å². The number of ether oxygens (including phenoxy) is 1. The number of amides is 3. The molecule has 0 saturated carbocycles. The van der Waals surface area contributed by atoms with Gasteiger partial charge in [0.15, 0.2) is 0 Å². The van der Waals surface area contributed by atoms with Crippen LogP contribution in [0.25, 0.3) is 0 Å². The van der Waals surface area contributed by atoms with Crippen molar-refractivity contribution in [3.05, 3.63) is 35.9 Å². The maximum absolute atomic E-state index is 12.9. The lowest BCUT2D eigenvalue weighted by molar-refractivity contribution is -0.147. The molecule has 25 heavy (non-hydrogen) atoms. The summed E-state index contributed by atoms with van der Waals surface area (Å²) in [7, 11) is 1.28. The normalized spacial score (nSPS) is 17.2. The Hall–Kier alpha value is -2.02. The fourth-order valence-corrected chi connectivity index (χ4v) is 3.41. The summed E-state index contributed by atoms with van der Waals surface area (Å²) in [5.74, 6) is -0.629. The second-order valence-electron chi connectivity index (χ2n) is 6.41. The number of carbonyl (C=O) groups excluding carboxylic acids is 3. The lowest BCUT2D eigenvalue weighted by Gasteiger charge is -2.29. The molecule has 2 rings (SSSR count). The van der Waals surface area contributed by atoms with Crippen LogP contribution < -0.4 is 0 Å². The Kier molecular flexibility index (Phi) is 6.47. The minimum atomic E-state index is -0.774. The maximum atomic E-state index is 12.9. The molecule has 1 fully saturated rings. The first-order chi connectivity index (χ1) is 11.9. The van der Waals surface area contributed by atoms with E-state index in [2.05, 4.69) is 12.6 Å². The molecule has 0 bridgehead atoms. The minimum Gasteiger partial charge on any atom is -0.467 e. The van der Waals surface area contributed by atoms with Gasteiger partial charge in [-0.2, -0.15) is 12.6 Å². The highest BCUT2D eigenvalue weighted by molar-refractivity contribution is 7.80. The zero-order chi connectivity index (χ0) is 18.6. The fourth-order valence-electron chi connectivity index (χ4n) is 3.12. The van der Waals surface area contributed by atoms with Crippen molar-refractivity contribution in [1.29, 1.82) is 0 Å². The van der Waals surface area contributed by atoms with Gasteiger partial charge >= 0.3 is 12.0 Å². The van der Waals surface area contributed by atoms with Crippen LogP contribution in [0.3, 0.4) is 0 Å². The van der Waals surface area contributed by atoms with E-state index in [0.717, 1.165) is 5.56 Å². The number of nitrogens with zero attached hydrogens (tertiary/aromatic N) is 2. The summed E-state index contributed by atoms with van der Waals surface area (Å²) >= 11 is 4.33. The lowest BCUT2D eigenvalue weighted by Crippen LogP contribution is -2.49. The summed E-state index contributed by atoms with van der Waals surface area (Å²) in [6.07, 6.45) is 0.528. The van der Waals surface area contributed by atoms with E-state index in [0.29, 0.717) is 12.2 Å². The number of esters is 1. The Morgan fingerprint density at radius 2 is 1.88 bits per heavy atom. The molecule has 0 radical (unpaired) electrons. The van der Waals surface area contributed by atoms with Gasteiger partial charge in [0.25, 0.3) is 5.91 Å². The Morgan fingerprint density at radius 3 is 2.40 bits per heavy atom. The quantitative estimate of drug-likeness (QED) is 0.456. The molecule has 1 heterocycles. The zero-order valence-electron chi connectivity index (χ0n) is 14.7. The summed E-state index contributed by atoms with van der Waals surface area (Å²) in [6.45, 7) is 3.53. The number of rotatable bonds is 7. The van der Waals surface area contributed by atoms with Crippen LogP contribution in [-0.2, 0) is 20.7 Å². The molecule has 0 spiro atoms. The standard InChI is InChI=1S/C18H24N2O4S/c1-12(2)16(17(22)24-3)19-10-15(21)20(18(19)23)14(11-25)9-13-7-5-4-6-8-13/h4-8,12,14,16,25H,9-11H2,1-3H3. The molecule has 1 saturated heterocycles. The summed E-state index contributed by atoms with van der Waals surface area (Å²) < 4.78 is 4.81. The Balaban J connectivity index is 2.22. The number of methoxy groups -OCH3 is 1. The van der Waals surface area contributed by atoms with Gasteiger partial charge in [-0.3, -0.25) is 9.69 Å². The van der Waals surface area contributed by atoms with E-state index in [9.17, 15) is 14.4 Å². The third kappa shape index (κ3) is 4.15. The van der Waals surface area contributed by atoms with Crippen LogP contribution in [0.4, 0.5) is 4.79 Å². The van der Waals surface area contributed by atoms with Crippen molar-refractivity contribution in [3.63, 3.8) is 0 Å². The van der Waals surface area contributed by atoms with Gasteiger partial charge in [-0.15, -0.1) is 0 Å². The smallest absolute Gasteiger partial charge is 0.328 e. The van der Waals surface area contributed by atoms with Crippen LogP contribution in [0.5, 0.6) is 0 Å². The first-order valence-corrected chi connectivity index (χ1v) is 8.89. The Bertz CT molecular complexity index is 635. The minimum absolute atomic E-state index is 0.115. The van der Waals surface area contributed by atoms with Crippen LogP contribution in [0.2, 0.25) is 0 Å². The van der Waals surface area contributed by atoms with E-state index < -0.39 is 18.0 Å². The summed E-state index contributed by atoms with van der Waals surface area (Å²) in [5.41, 5.74) is 1.02. The van der Waals surface area contributed by atoms with Crippen molar-refractivity contribution in [2.75, 3.05) is 19.4 Å². The molecule has 2 atom stereocenters. The molecule has 7 heteroatoms. The third-order valence-corrected chi connectivity index (χ3v) is 4.75. The van der Waals surface area contributed by atoms with Crippen LogP contribution in [0.1, 0.15) is 19.4 Å². The summed E-state index contributed by atoms with van der Waals surface area (Å²) in [4.78, 5) is 40.0. The topological polar surface area (TPSA) is 66.9 Å². The largest absolute Gasteiger partial charge is 0.467 e. The molecular formula is C18H24N2O4S. The van der Waals surface area contributed by atoms with Crippen LogP contribution in [-0.4, -0.2) is 59.2 Å². The van der Waals surface area contributed by atoms with E-state index in [1.165, 1.54) is 16.9 Å². The fraction of sp³-hybridized carbons (Fsp3) is 0.500. The van der Waals surface area contributed by atoms with Crippen molar-refractivity contribution >= 4 is 30.5 Å². The van der Waals surface area contributed by atoms with Gasteiger partial charge in [0.2, 0.25) is 0 Å². The number of imide groups is 1. The van der Waals surface area contributed by atoms with Crippen LogP contribution in [0.15, 0.2) is 30.3 Å². The van der Waals surface area contributed by atoms with E-state index in [-0.39, 0.29) is 24.4 Å². The predicted molar refractivity (Wildman–Crippen MR) is 97.4 cm³/mol. The van der Waals surface area contributed by atoms with Crippen molar-refractivity contribution in [2.24, 2.45) is 5.92 Å². The van der Waals surface area contributed by atoms with Gasteiger partial charge < -0.3 is 9.64 Å². The van der Waals surface area contributed by atoms with Crippen LogP contribution >= 0.6 is 12.6 Å². The number of benzene rings is 1. The maximum Gasteiger partial charge on any atom is 0.328 e.